The molecule has 2 N–H and O–H groups in total. The first-order chi connectivity index (χ1) is 5.52. The summed E-state index contributed by atoms with van der Waals surface area (Å²) in [5, 5.41) is 0. The summed E-state index contributed by atoms with van der Waals surface area (Å²) in [5.41, 5.74) is 5.20. The molecule has 1 atom stereocenters. The van der Waals surface area contributed by atoms with E-state index in [-0.39, 0.29) is 6.54 Å². The maximum Gasteiger partial charge on any atom is 0.275 e. The number of nitrogens with zero attached hydrogens (tertiary/aromatic N) is 1. The van der Waals surface area contributed by atoms with Crippen molar-refractivity contribution in [1.82, 2.24) is 4.90 Å². The summed E-state index contributed by atoms with van der Waals surface area (Å²) < 4.78 is 25.4. The minimum Gasteiger partial charge on any atom is -0.323 e. The zero-order chi connectivity index (χ0) is 9.78. The first-order valence-electron chi connectivity index (χ1n) is 4.34. The highest BCUT2D eigenvalue weighted by atomic mass is 19.3. The SMILES string of the molecule is CC.CN1CCC(N)C(F)(F)C1. The largest absolute Gasteiger partial charge is 0.323 e. The van der Waals surface area contributed by atoms with Gasteiger partial charge in [-0.1, -0.05) is 13.8 Å². The monoisotopic (exact) mass is 180 g/mol. The van der Waals surface area contributed by atoms with Crippen LogP contribution in [0, 0.1) is 0 Å². The van der Waals surface area contributed by atoms with Gasteiger partial charge in [-0.15, -0.1) is 0 Å². The van der Waals surface area contributed by atoms with Crippen molar-refractivity contribution in [2.45, 2.75) is 32.2 Å². The van der Waals surface area contributed by atoms with Gasteiger partial charge in [0.1, 0.15) is 0 Å². The van der Waals surface area contributed by atoms with Gasteiger partial charge in [-0.3, -0.25) is 0 Å². The molecule has 1 rings (SSSR count). The van der Waals surface area contributed by atoms with Gasteiger partial charge in [0.15, 0.2) is 0 Å². The number of piperidine rings is 1. The van der Waals surface area contributed by atoms with Crippen molar-refractivity contribution in [2.24, 2.45) is 5.73 Å². The smallest absolute Gasteiger partial charge is 0.275 e. The van der Waals surface area contributed by atoms with E-state index in [2.05, 4.69) is 0 Å². The molecular formula is C8H18F2N2. The van der Waals surface area contributed by atoms with Crippen LogP contribution in [0.1, 0.15) is 20.3 Å². The molecule has 0 aliphatic carbocycles. The molecular weight excluding hydrogens is 162 g/mol. The minimum atomic E-state index is -2.69. The lowest BCUT2D eigenvalue weighted by molar-refractivity contribution is -0.0733. The number of halogens is 2. The molecule has 0 bridgehead atoms. The van der Waals surface area contributed by atoms with Crippen LogP contribution >= 0.6 is 0 Å². The second kappa shape index (κ2) is 4.72. The van der Waals surface area contributed by atoms with Gasteiger partial charge in [0.2, 0.25) is 0 Å². The highest BCUT2D eigenvalue weighted by molar-refractivity contribution is 4.87. The van der Waals surface area contributed by atoms with Crippen molar-refractivity contribution in [2.75, 3.05) is 20.1 Å². The standard InChI is InChI=1S/C6H12F2N2.C2H6/c1-10-3-2-5(9)6(7,8)4-10;1-2/h5H,2-4,9H2,1H3;1-2H3. The second-order valence-electron chi connectivity index (χ2n) is 2.89. The van der Waals surface area contributed by atoms with E-state index in [1.165, 1.54) is 0 Å². The average Bonchev–Trinajstić information content (AvgIpc) is 2.01. The van der Waals surface area contributed by atoms with Gasteiger partial charge in [0.05, 0.1) is 12.6 Å². The van der Waals surface area contributed by atoms with E-state index in [1.807, 2.05) is 13.8 Å². The molecule has 74 valence electrons. The Bertz CT molecular complexity index is 128. The van der Waals surface area contributed by atoms with Crippen LogP contribution in [-0.2, 0) is 0 Å². The first-order valence-corrected chi connectivity index (χ1v) is 4.34. The molecule has 0 spiro atoms. The van der Waals surface area contributed by atoms with E-state index in [0.717, 1.165) is 0 Å². The van der Waals surface area contributed by atoms with Gasteiger partial charge < -0.3 is 10.6 Å². The van der Waals surface area contributed by atoms with E-state index in [9.17, 15) is 8.78 Å². The average molecular weight is 180 g/mol. The third-order valence-corrected chi connectivity index (χ3v) is 1.85. The minimum absolute atomic E-state index is 0.200. The van der Waals surface area contributed by atoms with Gasteiger partial charge in [-0.2, -0.15) is 0 Å². The van der Waals surface area contributed by atoms with E-state index in [0.29, 0.717) is 13.0 Å². The van der Waals surface area contributed by atoms with Crippen LogP contribution in [0.25, 0.3) is 0 Å². The first kappa shape index (κ1) is 11.8. The van der Waals surface area contributed by atoms with Crippen LogP contribution in [-0.4, -0.2) is 37.0 Å². The second-order valence-corrected chi connectivity index (χ2v) is 2.89. The van der Waals surface area contributed by atoms with E-state index >= 15 is 0 Å². The van der Waals surface area contributed by atoms with Crippen LogP contribution in [0.15, 0.2) is 0 Å². The Balaban J connectivity index is 0.000000561. The fraction of sp³-hybridized carbons (Fsp3) is 1.00. The Morgan fingerprint density at radius 2 is 1.92 bits per heavy atom. The molecule has 1 unspecified atom stereocenters. The topological polar surface area (TPSA) is 29.3 Å². The number of hydrogen-bond donors (Lipinski definition) is 1. The van der Waals surface area contributed by atoms with Gasteiger partial charge in [0, 0.05) is 0 Å². The normalized spacial score (nSPS) is 29.0. The summed E-state index contributed by atoms with van der Waals surface area (Å²) >= 11 is 0. The zero-order valence-electron chi connectivity index (χ0n) is 7.98. The Labute approximate surface area is 72.7 Å². The van der Waals surface area contributed by atoms with Gasteiger partial charge in [-0.25, -0.2) is 8.78 Å². The molecule has 1 fully saturated rings. The molecule has 12 heavy (non-hydrogen) atoms. The molecule has 0 saturated carbocycles. The van der Waals surface area contributed by atoms with Crippen LogP contribution in [0.3, 0.4) is 0 Å². The molecule has 1 saturated heterocycles. The molecule has 0 amide bonds. The summed E-state index contributed by atoms with van der Waals surface area (Å²) in [6.45, 7) is 4.48. The van der Waals surface area contributed by atoms with Crippen molar-refractivity contribution in [3.05, 3.63) is 0 Å². The van der Waals surface area contributed by atoms with Crippen molar-refractivity contribution < 1.29 is 8.78 Å². The number of likely N-dealkylation sites (tertiary alicyclic amines) is 1. The van der Waals surface area contributed by atoms with Crippen LogP contribution in [0.5, 0.6) is 0 Å². The fourth-order valence-electron chi connectivity index (χ4n) is 1.13. The maximum absolute atomic E-state index is 12.7. The molecule has 0 aromatic rings. The zero-order valence-corrected chi connectivity index (χ0v) is 7.98. The van der Waals surface area contributed by atoms with Crippen molar-refractivity contribution >= 4 is 0 Å². The predicted molar refractivity (Wildman–Crippen MR) is 46.4 cm³/mol. The molecule has 1 aliphatic heterocycles. The summed E-state index contributed by atoms with van der Waals surface area (Å²) in [6, 6.07) is -0.941. The summed E-state index contributed by atoms with van der Waals surface area (Å²) in [5.74, 6) is -2.69. The molecule has 0 aromatic heterocycles. The highest BCUT2D eigenvalue weighted by Gasteiger charge is 2.40. The van der Waals surface area contributed by atoms with E-state index < -0.39 is 12.0 Å². The lowest BCUT2D eigenvalue weighted by atomic mass is 10.0. The molecule has 0 radical (unpaired) electrons. The lowest BCUT2D eigenvalue weighted by Crippen LogP contribution is -2.54. The Kier molecular flexibility index (Phi) is 4.63. The van der Waals surface area contributed by atoms with Crippen molar-refractivity contribution in [1.29, 1.82) is 0 Å². The maximum atomic E-state index is 12.7. The van der Waals surface area contributed by atoms with Gasteiger partial charge in [-0.05, 0) is 20.0 Å². The van der Waals surface area contributed by atoms with Crippen molar-refractivity contribution in [3.8, 4) is 0 Å². The molecule has 4 heteroatoms. The number of rotatable bonds is 0. The van der Waals surface area contributed by atoms with Gasteiger partial charge in [0.25, 0.3) is 5.92 Å². The predicted octanol–water partition coefficient (Wildman–Crippen LogP) is 1.31. The number of hydrogen-bond acceptors (Lipinski definition) is 2. The number of nitrogens with two attached hydrogens (primary N) is 1. The third-order valence-electron chi connectivity index (χ3n) is 1.85. The molecule has 1 heterocycles. The van der Waals surface area contributed by atoms with Crippen LogP contribution in [0.4, 0.5) is 8.78 Å². The summed E-state index contributed by atoms with van der Waals surface area (Å²) in [7, 11) is 1.68. The van der Waals surface area contributed by atoms with E-state index in [4.69, 9.17) is 5.73 Å². The third kappa shape index (κ3) is 3.03. The Morgan fingerprint density at radius 1 is 1.42 bits per heavy atom. The Morgan fingerprint density at radius 3 is 2.25 bits per heavy atom. The summed E-state index contributed by atoms with van der Waals surface area (Å²) in [4.78, 5) is 1.60. The Hall–Kier alpha value is -0.220. The van der Waals surface area contributed by atoms with E-state index in [1.54, 1.807) is 11.9 Å². The van der Waals surface area contributed by atoms with Gasteiger partial charge >= 0.3 is 0 Å². The molecule has 2 nitrogen and oxygen atoms in total. The number of alkyl halides is 2. The van der Waals surface area contributed by atoms with Crippen molar-refractivity contribution in [3.63, 3.8) is 0 Å². The molecule has 1 aliphatic rings. The lowest BCUT2D eigenvalue weighted by Gasteiger charge is -2.34. The fourth-order valence-corrected chi connectivity index (χ4v) is 1.13. The quantitative estimate of drug-likeness (QED) is 0.609. The highest BCUT2D eigenvalue weighted by Crippen LogP contribution is 2.24. The van der Waals surface area contributed by atoms with Crippen LogP contribution in [0.2, 0.25) is 0 Å². The van der Waals surface area contributed by atoms with Crippen LogP contribution < -0.4 is 5.73 Å². The molecule has 0 aromatic carbocycles. The summed E-state index contributed by atoms with van der Waals surface area (Å²) in [6.07, 6.45) is 0.392.